The molecule has 0 radical (unpaired) electrons. The van der Waals surface area contributed by atoms with Crippen molar-refractivity contribution in [3.8, 4) is 11.5 Å². The lowest BCUT2D eigenvalue weighted by atomic mass is 9.87. The Bertz CT molecular complexity index is 728. The zero-order chi connectivity index (χ0) is 18.4. The highest BCUT2D eigenvalue weighted by Gasteiger charge is 2.13. The molecule has 2 rings (SSSR count). The predicted octanol–water partition coefficient (Wildman–Crippen LogP) is 4.58. The molecule has 0 atom stereocenters. The standard InChI is InChI=1S/C20H23NO4/c1-20(2,3)14-4-8-16(9-5-14)25-17-10-6-15(7-11-17)21-18(22)12-13-19(23)24/h4-11H,12-13H2,1-3H3,(H,21,22)(H,23,24). The first-order valence-corrected chi connectivity index (χ1v) is 8.14. The van der Waals surface area contributed by atoms with Crippen molar-refractivity contribution in [3.05, 3.63) is 54.1 Å². The lowest BCUT2D eigenvalue weighted by molar-refractivity contribution is -0.138. The Morgan fingerprint density at radius 1 is 0.920 bits per heavy atom. The topological polar surface area (TPSA) is 75.6 Å². The first-order valence-electron chi connectivity index (χ1n) is 8.14. The van der Waals surface area contributed by atoms with E-state index >= 15 is 0 Å². The van der Waals surface area contributed by atoms with Gasteiger partial charge in [-0.2, -0.15) is 0 Å². The molecule has 0 unspecified atom stereocenters. The third-order valence-electron chi connectivity index (χ3n) is 3.66. The van der Waals surface area contributed by atoms with Crippen molar-refractivity contribution in [3.63, 3.8) is 0 Å². The van der Waals surface area contributed by atoms with E-state index in [0.717, 1.165) is 5.75 Å². The molecule has 0 bridgehead atoms. The number of carboxylic acids is 1. The third kappa shape index (κ3) is 5.95. The minimum atomic E-state index is -0.989. The summed E-state index contributed by atoms with van der Waals surface area (Å²) in [5, 5.41) is 11.2. The molecule has 0 heterocycles. The van der Waals surface area contributed by atoms with Gasteiger partial charge in [-0.05, 0) is 47.4 Å². The first kappa shape index (κ1) is 18.5. The van der Waals surface area contributed by atoms with Crippen molar-refractivity contribution in [2.24, 2.45) is 0 Å². The van der Waals surface area contributed by atoms with Crippen molar-refractivity contribution in [2.45, 2.75) is 39.0 Å². The largest absolute Gasteiger partial charge is 0.481 e. The van der Waals surface area contributed by atoms with Gasteiger partial charge in [0.2, 0.25) is 5.91 Å². The van der Waals surface area contributed by atoms with Crippen LogP contribution in [-0.2, 0) is 15.0 Å². The molecule has 132 valence electrons. The molecule has 2 aromatic rings. The lowest BCUT2D eigenvalue weighted by Gasteiger charge is -2.19. The predicted molar refractivity (Wildman–Crippen MR) is 97.2 cm³/mol. The fourth-order valence-electron chi connectivity index (χ4n) is 2.21. The Morgan fingerprint density at radius 2 is 1.44 bits per heavy atom. The maximum absolute atomic E-state index is 11.6. The van der Waals surface area contributed by atoms with Gasteiger partial charge in [-0.25, -0.2) is 0 Å². The average Bonchev–Trinajstić information content (AvgIpc) is 2.54. The maximum atomic E-state index is 11.6. The summed E-state index contributed by atoms with van der Waals surface area (Å²) < 4.78 is 5.79. The molecule has 25 heavy (non-hydrogen) atoms. The van der Waals surface area contributed by atoms with E-state index in [1.165, 1.54) is 5.56 Å². The molecule has 0 aliphatic heterocycles. The summed E-state index contributed by atoms with van der Waals surface area (Å²) in [6.45, 7) is 6.48. The number of amides is 1. The number of hydrogen-bond acceptors (Lipinski definition) is 3. The van der Waals surface area contributed by atoms with Gasteiger partial charge in [-0.3, -0.25) is 9.59 Å². The van der Waals surface area contributed by atoms with Gasteiger partial charge in [0.15, 0.2) is 0 Å². The summed E-state index contributed by atoms with van der Waals surface area (Å²) in [5.74, 6) is 0.0866. The van der Waals surface area contributed by atoms with Gasteiger partial charge >= 0.3 is 5.97 Å². The van der Waals surface area contributed by atoms with Crippen molar-refractivity contribution >= 4 is 17.6 Å². The molecular formula is C20H23NO4. The number of aliphatic carboxylic acids is 1. The summed E-state index contributed by atoms with van der Waals surface area (Å²) in [6, 6.07) is 14.9. The van der Waals surface area contributed by atoms with E-state index in [9.17, 15) is 9.59 Å². The minimum Gasteiger partial charge on any atom is -0.481 e. The summed E-state index contributed by atoms with van der Waals surface area (Å²) in [5.41, 5.74) is 1.93. The number of carbonyl (C=O) groups is 2. The van der Waals surface area contributed by atoms with Gasteiger partial charge in [-0.1, -0.05) is 32.9 Å². The van der Waals surface area contributed by atoms with Crippen LogP contribution in [0.1, 0.15) is 39.2 Å². The molecule has 1 amide bonds. The van der Waals surface area contributed by atoms with E-state index in [1.54, 1.807) is 24.3 Å². The minimum absolute atomic E-state index is 0.0479. The highest BCUT2D eigenvalue weighted by atomic mass is 16.5. The summed E-state index contributed by atoms with van der Waals surface area (Å²) in [4.78, 5) is 22.1. The van der Waals surface area contributed by atoms with Crippen LogP contribution in [0.5, 0.6) is 11.5 Å². The lowest BCUT2D eigenvalue weighted by Crippen LogP contribution is -2.13. The Labute approximate surface area is 147 Å². The Hall–Kier alpha value is -2.82. The van der Waals surface area contributed by atoms with E-state index in [4.69, 9.17) is 9.84 Å². The number of anilines is 1. The van der Waals surface area contributed by atoms with Gasteiger partial charge in [0.1, 0.15) is 11.5 Å². The molecule has 0 saturated heterocycles. The Balaban J connectivity index is 1.94. The summed E-state index contributed by atoms with van der Waals surface area (Å²) >= 11 is 0. The summed E-state index contributed by atoms with van der Waals surface area (Å²) in [7, 11) is 0. The second-order valence-corrected chi connectivity index (χ2v) is 6.84. The molecule has 5 nitrogen and oxygen atoms in total. The molecule has 5 heteroatoms. The highest BCUT2D eigenvalue weighted by Crippen LogP contribution is 2.27. The van der Waals surface area contributed by atoms with Crippen molar-refractivity contribution in [1.29, 1.82) is 0 Å². The Kier molecular flexibility index (Phi) is 5.80. The SMILES string of the molecule is CC(C)(C)c1ccc(Oc2ccc(NC(=O)CCC(=O)O)cc2)cc1. The molecule has 2 N–H and O–H groups in total. The molecule has 0 aliphatic carbocycles. The van der Waals surface area contributed by atoms with Gasteiger partial charge in [0, 0.05) is 12.1 Å². The van der Waals surface area contributed by atoms with Gasteiger partial charge in [0.05, 0.1) is 6.42 Å². The van der Waals surface area contributed by atoms with E-state index in [1.807, 2.05) is 24.3 Å². The number of benzene rings is 2. The molecule has 0 fully saturated rings. The van der Waals surface area contributed by atoms with E-state index in [0.29, 0.717) is 11.4 Å². The molecule has 0 spiro atoms. The van der Waals surface area contributed by atoms with Crippen molar-refractivity contribution < 1.29 is 19.4 Å². The van der Waals surface area contributed by atoms with Crippen LogP contribution >= 0.6 is 0 Å². The van der Waals surface area contributed by atoms with Crippen molar-refractivity contribution in [1.82, 2.24) is 0 Å². The van der Waals surface area contributed by atoms with Crippen LogP contribution in [-0.4, -0.2) is 17.0 Å². The smallest absolute Gasteiger partial charge is 0.303 e. The third-order valence-corrected chi connectivity index (χ3v) is 3.66. The van der Waals surface area contributed by atoms with Crippen LogP contribution in [0.2, 0.25) is 0 Å². The van der Waals surface area contributed by atoms with Crippen LogP contribution in [0.4, 0.5) is 5.69 Å². The van der Waals surface area contributed by atoms with Crippen LogP contribution in [0.25, 0.3) is 0 Å². The average molecular weight is 341 g/mol. The fourth-order valence-corrected chi connectivity index (χ4v) is 2.21. The quantitative estimate of drug-likeness (QED) is 0.806. The van der Waals surface area contributed by atoms with E-state index < -0.39 is 5.97 Å². The van der Waals surface area contributed by atoms with Crippen LogP contribution < -0.4 is 10.1 Å². The first-order chi connectivity index (χ1) is 11.7. The van der Waals surface area contributed by atoms with E-state index in [-0.39, 0.29) is 24.2 Å². The van der Waals surface area contributed by atoms with Gasteiger partial charge < -0.3 is 15.2 Å². The zero-order valence-electron chi connectivity index (χ0n) is 14.7. The molecule has 0 saturated carbocycles. The number of carbonyl (C=O) groups excluding carboxylic acids is 1. The number of nitrogens with one attached hydrogen (secondary N) is 1. The number of rotatable bonds is 6. The van der Waals surface area contributed by atoms with Crippen molar-refractivity contribution in [2.75, 3.05) is 5.32 Å². The number of ether oxygens (including phenoxy) is 1. The fraction of sp³-hybridized carbons (Fsp3) is 0.300. The van der Waals surface area contributed by atoms with E-state index in [2.05, 4.69) is 26.1 Å². The normalized spacial score (nSPS) is 11.0. The van der Waals surface area contributed by atoms with Crippen LogP contribution in [0.3, 0.4) is 0 Å². The molecular weight excluding hydrogens is 318 g/mol. The van der Waals surface area contributed by atoms with Gasteiger partial charge in [-0.15, -0.1) is 0 Å². The Morgan fingerprint density at radius 3 is 1.92 bits per heavy atom. The number of carboxylic acid groups (broad SMARTS) is 1. The second kappa shape index (κ2) is 7.83. The molecule has 0 aromatic heterocycles. The number of hydrogen-bond donors (Lipinski definition) is 2. The monoisotopic (exact) mass is 341 g/mol. The maximum Gasteiger partial charge on any atom is 0.303 e. The highest BCUT2D eigenvalue weighted by molar-refractivity contribution is 5.92. The molecule has 2 aromatic carbocycles. The second-order valence-electron chi connectivity index (χ2n) is 6.84. The van der Waals surface area contributed by atoms with Gasteiger partial charge in [0.25, 0.3) is 0 Å². The van der Waals surface area contributed by atoms with Crippen LogP contribution in [0, 0.1) is 0 Å². The van der Waals surface area contributed by atoms with Crippen LogP contribution in [0.15, 0.2) is 48.5 Å². The zero-order valence-corrected chi connectivity index (χ0v) is 14.7. The summed E-state index contributed by atoms with van der Waals surface area (Å²) in [6.07, 6.45) is -0.231. The molecule has 0 aliphatic rings.